The zero-order valence-corrected chi connectivity index (χ0v) is 13.6. The van der Waals surface area contributed by atoms with E-state index in [4.69, 9.17) is 23.7 Å². The Hall–Kier alpha value is -2.23. The molecule has 24 heavy (non-hydrogen) atoms. The van der Waals surface area contributed by atoms with Crippen LogP contribution in [0.15, 0.2) is 0 Å². The molecule has 1 heterocycles. The topological polar surface area (TPSA) is 114 Å². The second-order valence-corrected chi connectivity index (χ2v) is 5.05. The van der Waals surface area contributed by atoms with Gasteiger partial charge in [0.1, 0.15) is 12.7 Å². The molecular weight excluding hydrogens is 331 g/mol. The number of hydrogen-bond acceptors (Lipinski definition) is 9. The number of halogens is 1. The van der Waals surface area contributed by atoms with E-state index in [9.17, 15) is 23.6 Å². The molecule has 1 fully saturated rings. The molecule has 1 saturated heterocycles. The number of rotatable bonds is 5. The van der Waals surface area contributed by atoms with E-state index in [2.05, 4.69) is 0 Å². The van der Waals surface area contributed by atoms with E-state index < -0.39 is 61.3 Å². The Kier molecular flexibility index (Phi) is 7.08. The van der Waals surface area contributed by atoms with Gasteiger partial charge in [0.2, 0.25) is 6.36 Å². The van der Waals surface area contributed by atoms with E-state index in [0.717, 1.165) is 27.7 Å². The van der Waals surface area contributed by atoms with Crippen LogP contribution in [0.2, 0.25) is 0 Å². The quantitative estimate of drug-likeness (QED) is 0.500. The van der Waals surface area contributed by atoms with Crippen molar-refractivity contribution in [2.45, 2.75) is 58.5 Å². The van der Waals surface area contributed by atoms with Crippen molar-refractivity contribution >= 4 is 23.9 Å². The van der Waals surface area contributed by atoms with Gasteiger partial charge in [0.05, 0.1) is 0 Å². The molecule has 1 aliphatic heterocycles. The van der Waals surface area contributed by atoms with Crippen molar-refractivity contribution in [1.82, 2.24) is 0 Å². The molecule has 0 aliphatic carbocycles. The van der Waals surface area contributed by atoms with Gasteiger partial charge in [-0.3, -0.25) is 19.2 Å². The highest BCUT2D eigenvalue weighted by Gasteiger charge is 2.52. The molecule has 0 N–H and O–H groups in total. The largest absolute Gasteiger partial charge is 0.463 e. The van der Waals surface area contributed by atoms with Crippen molar-refractivity contribution in [3.05, 3.63) is 0 Å². The summed E-state index contributed by atoms with van der Waals surface area (Å²) < 4.78 is 38.7. The fourth-order valence-corrected chi connectivity index (χ4v) is 2.18. The highest BCUT2D eigenvalue weighted by Crippen LogP contribution is 2.29. The summed E-state index contributed by atoms with van der Waals surface area (Å²) in [4.78, 5) is 44.7. The summed E-state index contributed by atoms with van der Waals surface area (Å²) >= 11 is 0. The SMILES string of the molecule is CC(=O)OC[C@H]1O[C@@H](F)[C@H](OC(C)=O)[C@@H](OC(C)=O)[C@@H]1OC(C)=O. The van der Waals surface area contributed by atoms with Crippen LogP contribution >= 0.6 is 0 Å². The van der Waals surface area contributed by atoms with Crippen molar-refractivity contribution in [1.29, 1.82) is 0 Å². The molecule has 0 spiro atoms. The Morgan fingerprint density at radius 2 is 1.25 bits per heavy atom. The summed E-state index contributed by atoms with van der Waals surface area (Å²) in [6.07, 6.45) is -7.85. The molecule has 0 radical (unpaired) electrons. The van der Waals surface area contributed by atoms with Gasteiger partial charge in [-0.05, 0) is 0 Å². The highest BCUT2D eigenvalue weighted by atomic mass is 19.1. The normalized spacial score (nSPS) is 29.3. The minimum absolute atomic E-state index is 0.446. The molecule has 5 atom stereocenters. The predicted octanol–water partition coefficient (Wildman–Crippen LogP) is 0.0390. The van der Waals surface area contributed by atoms with Gasteiger partial charge in [-0.1, -0.05) is 0 Å². The molecule has 9 nitrogen and oxygen atoms in total. The van der Waals surface area contributed by atoms with Gasteiger partial charge in [0.15, 0.2) is 18.3 Å². The zero-order chi connectivity index (χ0) is 18.4. The lowest BCUT2D eigenvalue weighted by atomic mass is 9.98. The van der Waals surface area contributed by atoms with Crippen LogP contribution in [0.4, 0.5) is 4.39 Å². The number of ether oxygens (including phenoxy) is 5. The van der Waals surface area contributed by atoms with Crippen LogP contribution in [0.1, 0.15) is 27.7 Å². The molecular formula is C14H19FO9. The third kappa shape index (κ3) is 5.76. The van der Waals surface area contributed by atoms with Crippen molar-refractivity contribution in [3.63, 3.8) is 0 Å². The lowest BCUT2D eigenvalue weighted by Crippen LogP contribution is -2.61. The Bertz CT molecular complexity index is 506. The first-order chi connectivity index (χ1) is 11.1. The Morgan fingerprint density at radius 3 is 1.71 bits per heavy atom. The second kappa shape index (κ2) is 8.57. The summed E-state index contributed by atoms with van der Waals surface area (Å²) in [6, 6.07) is 0. The van der Waals surface area contributed by atoms with E-state index >= 15 is 0 Å². The van der Waals surface area contributed by atoms with E-state index in [-0.39, 0.29) is 0 Å². The van der Waals surface area contributed by atoms with Crippen LogP contribution in [0.25, 0.3) is 0 Å². The molecule has 1 aliphatic rings. The molecule has 0 aromatic carbocycles. The van der Waals surface area contributed by atoms with E-state index in [0.29, 0.717) is 0 Å². The number of carbonyl (C=O) groups is 4. The first-order valence-electron chi connectivity index (χ1n) is 7.06. The average molecular weight is 350 g/mol. The van der Waals surface area contributed by atoms with Crippen LogP contribution in [0, 0.1) is 0 Å². The van der Waals surface area contributed by atoms with Gasteiger partial charge in [-0.25, -0.2) is 4.39 Å². The first-order valence-corrected chi connectivity index (χ1v) is 7.06. The van der Waals surface area contributed by atoms with Crippen LogP contribution in [0.5, 0.6) is 0 Å². The van der Waals surface area contributed by atoms with E-state index in [1.807, 2.05) is 0 Å². The minimum atomic E-state index is -2.18. The van der Waals surface area contributed by atoms with Gasteiger partial charge in [-0.15, -0.1) is 0 Å². The average Bonchev–Trinajstić information content (AvgIpc) is 2.42. The summed E-state index contributed by atoms with van der Waals surface area (Å²) in [5.41, 5.74) is 0. The van der Waals surface area contributed by atoms with Crippen molar-refractivity contribution in [2.75, 3.05) is 6.61 Å². The molecule has 0 unspecified atom stereocenters. The lowest BCUT2D eigenvalue weighted by molar-refractivity contribution is -0.277. The van der Waals surface area contributed by atoms with Crippen molar-refractivity contribution in [3.8, 4) is 0 Å². The third-order valence-corrected chi connectivity index (χ3v) is 2.93. The standard InChI is InChI=1S/C14H19FO9/c1-6(16)20-5-10-11(21-7(2)17)12(22-8(3)18)13(14(15)24-10)23-9(4)19/h10-14H,5H2,1-4H3/t10-,11-,12+,13-,14-/m1/s1. The van der Waals surface area contributed by atoms with Crippen LogP contribution in [-0.2, 0) is 42.9 Å². The molecule has 10 heteroatoms. The van der Waals surface area contributed by atoms with Crippen LogP contribution in [-0.4, -0.2) is 61.3 Å². The van der Waals surface area contributed by atoms with E-state index in [1.54, 1.807) is 0 Å². The fraction of sp³-hybridized carbons (Fsp3) is 0.714. The third-order valence-electron chi connectivity index (χ3n) is 2.93. The Balaban J connectivity index is 3.11. The Labute approximate surface area is 137 Å². The van der Waals surface area contributed by atoms with E-state index in [1.165, 1.54) is 0 Å². The molecule has 0 aromatic rings. The second-order valence-electron chi connectivity index (χ2n) is 5.05. The first kappa shape index (κ1) is 19.8. The smallest absolute Gasteiger partial charge is 0.303 e. The minimum Gasteiger partial charge on any atom is -0.463 e. The molecule has 0 aromatic heterocycles. The van der Waals surface area contributed by atoms with Gasteiger partial charge in [0.25, 0.3) is 0 Å². The fourth-order valence-electron chi connectivity index (χ4n) is 2.18. The number of esters is 4. The lowest BCUT2D eigenvalue weighted by Gasteiger charge is -2.41. The predicted molar refractivity (Wildman–Crippen MR) is 73.1 cm³/mol. The van der Waals surface area contributed by atoms with Crippen molar-refractivity contribution in [2.24, 2.45) is 0 Å². The molecule has 0 amide bonds. The number of carbonyl (C=O) groups excluding carboxylic acids is 4. The molecule has 0 saturated carbocycles. The van der Waals surface area contributed by atoms with Crippen molar-refractivity contribution < 1.29 is 47.3 Å². The van der Waals surface area contributed by atoms with Crippen LogP contribution in [0.3, 0.4) is 0 Å². The summed E-state index contributed by atoms with van der Waals surface area (Å²) in [5.74, 6) is -3.09. The Morgan fingerprint density at radius 1 is 0.792 bits per heavy atom. The molecule has 0 bridgehead atoms. The zero-order valence-electron chi connectivity index (χ0n) is 13.6. The van der Waals surface area contributed by atoms with Gasteiger partial charge < -0.3 is 23.7 Å². The highest BCUT2D eigenvalue weighted by molar-refractivity contribution is 5.68. The summed E-state index contributed by atoms with van der Waals surface area (Å²) in [7, 11) is 0. The summed E-state index contributed by atoms with van der Waals surface area (Å²) in [5, 5.41) is 0. The van der Waals surface area contributed by atoms with Gasteiger partial charge >= 0.3 is 23.9 Å². The summed E-state index contributed by atoms with van der Waals surface area (Å²) in [6.45, 7) is 3.85. The maximum atomic E-state index is 14.2. The molecule has 1 rings (SSSR count). The maximum absolute atomic E-state index is 14.2. The number of alkyl halides is 1. The van der Waals surface area contributed by atoms with Gasteiger partial charge in [0, 0.05) is 27.7 Å². The number of hydrogen-bond donors (Lipinski definition) is 0. The van der Waals surface area contributed by atoms with Crippen LogP contribution < -0.4 is 0 Å². The monoisotopic (exact) mass is 350 g/mol. The maximum Gasteiger partial charge on any atom is 0.303 e. The van der Waals surface area contributed by atoms with Gasteiger partial charge in [-0.2, -0.15) is 0 Å². The molecule has 136 valence electrons.